The van der Waals surface area contributed by atoms with E-state index < -0.39 is 0 Å². The van der Waals surface area contributed by atoms with Gasteiger partial charge in [-0.3, -0.25) is 0 Å². The molecule has 0 fully saturated rings. The van der Waals surface area contributed by atoms with Gasteiger partial charge in [0.1, 0.15) is 11.6 Å². The third kappa shape index (κ3) is 1.98. The Balaban J connectivity index is 1.92. The fourth-order valence-corrected chi connectivity index (χ4v) is 4.17. The highest BCUT2D eigenvalue weighted by atomic mass is 79.9. The fraction of sp³-hybridized carbons (Fsp3) is 0.0667. The molecule has 106 valence electrons. The molecule has 0 saturated heterocycles. The molecular weight excluding hydrogens is 355 g/mol. The van der Waals surface area contributed by atoms with Gasteiger partial charge in [-0.1, -0.05) is 6.07 Å². The maximum Gasteiger partial charge on any atom is 0.147 e. The highest BCUT2D eigenvalue weighted by molar-refractivity contribution is 9.10. The number of phenols is 1. The second-order valence-electron chi connectivity index (χ2n) is 4.85. The summed E-state index contributed by atoms with van der Waals surface area (Å²) in [6.07, 6.45) is 0. The molecule has 4 rings (SSSR count). The Bertz CT molecular complexity index is 878. The zero-order valence-corrected chi connectivity index (χ0v) is 13.1. The zero-order valence-electron chi connectivity index (χ0n) is 10.7. The summed E-state index contributed by atoms with van der Waals surface area (Å²) >= 11 is 4.80. The van der Waals surface area contributed by atoms with Crippen LogP contribution in [0.4, 0.5) is 20.8 Å². The first-order valence-corrected chi connectivity index (χ1v) is 7.98. The van der Waals surface area contributed by atoms with Crippen LogP contribution in [-0.4, -0.2) is 5.11 Å². The zero-order chi connectivity index (χ0) is 14.6. The number of halogens is 2. The summed E-state index contributed by atoms with van der Waals surface area (Å²) in [5.74, 6) is -0.0370. The normalized spacial score (nSPS) is 13.0. The largest absolute Gasteiger partial charge is 0.505 e. The average Bonchev–Trinajstić information content (AvgIpc) is 2.71. The van der Waals surface area contributed by atoms with Gasteiger partial charge in [0.15, 0.2) is 0 Å². The first-order chi connectivity index (χ1) is 10.1. The number of phenolic OH excluding ortho intramolecular Hbond substituents is 1. The molecule has 0 atom stereocenters. The van der Waals surface area contributed by atoms with Gasteiger partial charge in [0.05, 0.1) is 25.5 Å². The van der Waals surface area contributed by atoms with E-state index >= 15 is 0 Å². The lowest BCUT2D eigenvalue weighted by Gasteiger charge is -2.08. The van der Waals surface area contributed by atoms with Crippen molar-refractivity contribution in [1.29, 1.82) is 0 Å². The van der Waals surface area contributed by atoms with Crippen molar-refractivity contribution in [2.75, 3.05) is 10.6 Å². The summed E-state index contributed by atoms with van der Waals surface area (Å²) in [6.45, 7) is 0.627. The molecule has 2 aromatic carbocycles. The van der Waals surface area contributed by atoms with Crippen LogP contribution in [0.2, 0.25) is 0 Å². The molecule has 6 heteroatoms. The van der Waals surface area contributed by atoms with Crippen molar-refractivity contribution in [1.82, 2.24) is 0 Å². The molecule has 0 aliphatic carbocycles. The lowest BCUT2D eigenvalue weighted by molar-refractivity contribution is 0.479. The van der Waals surface area contributed by atoms with E-state index in [9.17, 15) is 9.50 Å². The fourth-order valence-electron chi connectivity index (χ4n) is 2.53. The van der Waals surface area contributed by atoms with Crippen LogP contribution in [0.25, 0.3) is 10.1 Å². The molecule has 3 N–H and O–H groups in total. The first-order valence-electron chi connectivity index (χ1n) is 6.37. The standard InChI is InChI=1S/C15H10BrFN2OS/c16-10-3-2-8-9-6-18-11-4-1-7(17)5-12(11)19-15(9)21-14(8)13(10)20/h1-5,18-20H,6H2. The number of thiophene rings is 1. The molecule has 0 amide bonds. The summed E-state index contributed by atoms with van der Waals surface area (Å²) in [5.41, 5.74) is 2.66. The van der Waals surface area contributed by atoms with Crippen molar-refractivity contribution >= 4 is 53.7 Å². The monoisotopic (exact) mass is 364 g/mol. The molecule has 21 heavy (non-hydrogen) atoms. The highest BCUT2D eigenvalue weighted by Crippen LogP contribution is 2.46. The average molecular weight is 365 g/mol. The Morgan fingerprint density at radius 3 is 2.90 bits per heavy atom. The van der Waals surface area contributed by atoms with Crippen LogP contribution in [0, 0.1) is 5.82 Å². The SMILES string of the molecule is Oc1c(Br)ccc2c3c(sc12)Nc1cc(F)ccc1NC3. The summed E-state index contributed by atoms with van der Waals surface area (Å²) in [4.78, 5) is 0. The molecule has 1 aliphatic rings. The Hall–Kier alpha value is -1.79. The molecule has 2 heterocycles. The molecule has 0 spiro atoms. The second kappa shape index (κ2) is 4.61. The Labute approximate surface area is 132 Å². The maximum atomic E-state index is 13.4. The summed E-state index contributed by atoms with van der Waals surface area (Å²) in [7, 11) is 0. The van der Waals surface area contributed by atoms with Crippen LogP contribution in [0.5, 0.6) is 5.75 Å². The van der Waals surface area contributed by atoms with Gasteiger partial charge >= 0.3 is 0 Å². The Kier molecular flexibility index (Phi) is 2.83. The second-order valence-corrected chi connectivity index (χ2v) is 6.73. The van der Waals surface area contributed by atoms with Crippen LogP contribution in [0.3, 0.4) is 0 Å². The van der Waals surface area contributed by atoms with E-state index in [2.05, 4.69) is 26.6 Å². The van der Waals surface area contributed by atoms with Gasteiger partial charge in [-0.05, 0) is 40.2 Å². The van der Waals surface area contributed by atoms with Gasteiger partial charge in [-0.2, -0.15) is 0 Å². The van der Waals surface area contributed by atoms with E-state index in [4.69, 9.17) is 0 Å². The molecule has 3 nitrogen and oxygen atoms in total. The van der Waals surface area contributed by atoms with Crippen molar-refractivity contribution < 1.29 is 9.50 Å². The number of rotatable bonds is 0. The molecule has 1 aromatic heterocycles. The van der Waals surface area contributed by atoms with Crippen LogP contribution in [-0.2, 0) is 6.54 Å². The van der Waals surface area contributed by atoms with E-state index in [0.717, 1.165) is 26.3 Å². The number of hydrogen-bond acceptors (Lipinski definition) is 4. The topological polar surface area (TPSA) is 44.3 Å². The maximum absolute atomic E-state index is 13.4. The van der Waals surface area contributed by atoms with Gasteiger partial charge in [-0.25, -0.2) is 4.39 Å². The number of hydrogen-bond donors (Lipinski definition) is 3. The van der Waals surface area contributed by atoms with E-state index in [0.29, 0.717) is 16.7 Å². The lowest BCUT2D eigenvalue weighted by Crippen LogP contribution is -1.97. The van der Waals surface area contributed by atoms with Crippen molar-refractivity contribution in [3.63, 3.8) is 0 Å². The van der Waals surface area contributed by atoms with E-state index in [1.54, 1.807) is 6.07 Å². The minimum absolute atomic E-state index is 0.242. The van der Waals surface area contributed by atoms with Crippen molar-refractivity contribution in [2.24, 2.45) is 0 Å². The molecule has 0 saturated carbocycles. The van der Waals surface area contributed by atoms with Gasteiger partial charge in [-0.15, -0.1) is 11.3 Å². The quantitative estimate of drug-likeness (QED) is 0.515. The van der Waals surface area contributed by atoms with E-state index in [-0.39, 0.29) is 11.6 Å². The van der Waals surface area contributed by atoms with Crippen LogP contribution < -0.4 is 10.6 Å². The molecule has 1 aliphatic heterocycles. The van der Waals surface area contributed by atoms with E-state index in [1.807, 2.05) is 12.1 Å². The number of nitrogens with one attached hydrogen (secondary N) is 2. The molecule has 0 bridgehead atoms. The van der Waals surface area contributed by atoms with Gasteiger partial charge in [0.2, 0.25) is 0 Å². The molecule has 0 unspecified atom stereocenters. The van der Waals surface area contributed by atoms with E-state index in [1.165, 1.54) is 23.5 Å². The van der Waals surface area contributed by atoms with Crippen LogP contribution in [0.1, 0.15) is 5.56 Å². The predicted molar refractivity (Wildman–Crippen MR) is 88.2 cm³/mol. The third-order valence-electron chi connectivity index (χ3n) is 3.57. The molecule has 3 aromatic rings. The number of anilines is 3. The van der Waals surface area contributed by atoms with Crippen molar-refractivity contribution in [3.05, 3.63) is 46.2 Å². The molecule has 0 radical (unpaired) electrons. The Morgan fingerprint density at radius 2 is 2.05 bits per heavy atom. The smallest absolute Gasteiger partial charge is 0.147 e. The van der Waals surface area contributed by atoms with Gasteiger partial charge in [0.25, 0.3) is 0 Å². The van der Waals surface area contributed by atoms with Crippen molar-refractivity contribution in [3.8, 4) is 5.75 Å². The highest BCUT2D eigenvalue weighted by Gasteiger charge is 2.20. The number of aromatic hydroxyl groups is 1. The minimum Gasteiger partial charge on any atom is -0.505 e. The van der Waals surface area contributed by atoms with Crippen molar-refractivity contribution in [2.45, 2.75) is 6.54 Å². The predicted octanol–water partition coefficient (Wildman–Crippen LogP) is 5.18. The Morgan fingerprint density at radius 1 is 1.19 bits per heavy atom. The number of fused-ring (bicyclic) bond motifs is 4. The van der Waals surface area contributed by atoms with Gasteiger partial charge in [0, 0.05) is 17.5 Å². The van der Waals surface area contributed by atoms with Crippen LogP contribution in [0.15, 0.2) is 34.8 Å². The summed E-state index contributed by atoms with van der Waals surface area (Å²) in [5, 5.41) is 18.7. The van der Waals surface area contributed by atoms with Crippen LogP contribution >= 0.6 is 27.3 Å². The minimum atomic E-state index is -0.279. The lowest BCUT2D eigenvalue weighted by atomic mass is 10.1. The van der Waals surface area contributed by atoms with Gasteiger partial charge < -0.3 is 15.7 Å². The number of benzene rings is 2. The first kappa shape index (κ1) is 12.9. The molecular formula is C15H10BrFN2OS. The third-order valence-corrected chi connectivity index (χ3v) is 5.38. The summed E-state index contributed by atoms with van der Waals surface area (Å²) < 4.78 is 14.9. The summed E-state index contributed by atoms with van der Waals surface area (Å²) in [6, 6.07) is 8.45.